The van der Waals surface area contributed by atoms with Crippen LogP contribution in [0.2, 0.25) is 0 Å². The van der Waals surface area contributed by atoms with Crippen LogP contribution in [0.25, 0.3) is 10.9 Å². The highest BCUT2D eigenvalue weighted by atomic mass is 32.2. The van der Waals surface area contributed by atoms with E-state index in [-0.39, 0.29) is 5.91 Å². The summed E-state index contributed by atoms with van der Waals surface area (Å²) in [6.45, 7) is 3.46. The van der Waals surface area contributed by atoms with Crippen LogP contribution in [-0.4, -0.2) is 29.9 Å². The fourth-order valence-electron chi connectivity index (χ4n) is 3.54. The molecule has 27 heavy (non-hydrogen) atoms. The first-order chi connectivity index (χ1) is 13.1. The lowest BCUT2D eigenvalue weighted by Gasteiger charge is -2.22. The van der Waals surface area contributed by atoms with Crippen molar-refractivity contribution in [3.8, 4) is 11.5 Å². The number of para-hydroxylation sites is 1. The van der Waals surface area contributed by atoms with Crippen molar-refractivity contribution in [3.63, 3.8) is 0 Å². The number of thioether (sulfide) groups is 1. The van der Waals surface area contributed by atoms with Crippen molar-refractivity contribution in [2.24, 2.45) is 0 Å². The van der Waals surface area contributed by atoms with E-state index in [2.05, 4.69) is 35.0 Å². The van der Waals surface area contributed by atoms with E-state index in [0.717, 1.165) is 23.0 Å². The predicted octanol–water partition coefficient (Wildman–Crippen LogP) is 4.08. The largest absolute Gasteiger partial charge is 0.493 e. The number of benzene rings is 2. The molecule has 140 valence electrons. The second-order valence-electron chi connectivity index (χ2n) is 6.63. The molecule has 0 aliphatic carbocycles. The number of rotatable bonds is 5. The number of hydrogen-bond acceptors (Lipinski definition) is 4. The molecule has 1 amide bonds. The van der Waals surface area contributed by atoms with Crippen molar-refractivity contribution >= 4 is 28.6 Å². The summed E-state index contributed by atoms with van der Waals surface area (Å²) in [6.07, 6.45) is 0. The summed E-state index contributed by atoms with van der Waals surface area (Å²) in [5.74, 6) is 1.27. The molecular weight excluding hydrogens is 360 g/mol. The van der Waals surface area contributed by atoms with Crippen molar-refractivity contribution in [1.29, 1.82) is 0 Å². The van der Waals surface area contributed by atoms with E-state index in [1.807, 2.05) is 36.0 Å². The van der Waals surface area contributed by atoms with E-state index < -0.39 is 0 Å². The smallest absolute Gasteiger partial charge is 0.268 e. The molecule has 1 atom stereocenters. The molecule has 5 nitrogen and oxygen atoms in total. The number of amides is 1. The molecule has 1 aromatic heterocycles. The molecular formula is C21H22N2O3S. The summed E-state index contributed by atoms with van der Waals surface area (Å²) in [5, 5.41) is 4.59. The number of aromatic nitrogens is 1. The van der Waals surface area contributed by atoms with Gasteiger partial charge in [-0.3, -0.25) is 4.79 Å². The Hall–Kier alpha value is -2.60. The molecule has 1 N–H and O–H groups in total. The molecule has 0 saturated carbocycles. The van der Waals surface area contributed by atoms with Crippen LogP contribution in [0.15, 0.2) is 47.4 Å². The maximum Gasteiger partial charge on any atom is 0.268 e. The molecule has 1 aliphatic rings. The van der Waals surface area contributed by atoms with E-state index in [1.54, 1.807) is 14.2 Å². The third-order valence-electron chi connectivity index (χ3n) is 4.78. The fourth-order valence-corrected chi connectivity index (χ4v) is 4.69. The van der Waals surface area contributed by atoms with Crippen LogP contribution in [0.1, 0.15) is 23.0 Å². The lowest BCUT2D eigenvalue weighted by molar-refractivity contribution is 0.0942. The minimum Gasteiger partial charge on any atom is -0.493 e. The van der Waals surface area contributed by atoms with Gasteiger partial charge in [0.25, 0.3) is 5.91 Å². The first kappa shape index (κ1) is 17.8. The monoisotopic (exact) mass is 382 g/mol. The molecule has 0 saturated heterocycles. The Balaban J connectivity index is 1.58. The van der Waals surface area contributed by atoms with Crippen LogP contribution in [0.5, 0.6) is 11.5 Å². The number of hydrogen-bond donors (Lipinski definition) is 1. The molecule has 4 rings (SSSR count). The zero-order valence-electron chi connectivity index (χ0n) is 15.6. The SMILES string of the molecule is COc1ccc(CNC(=O)c2cc3cccc4c3n2CC(C)S4)cc1OC. The standard InChI is InChI=1S/C21H22N2O3S/c1-13-12-23-16(10-15-5-4-6-19(27-13)20(15)23)21(24)22-11-14-7-8-17(25-2)18(9-14)26-3/h4-10,13H,11-12H2,1-3H3,(H,22,24). The Morgan fingerprint density at radius 1 is 1.19 bits per heavy atom. The fraction of sp³-hybridized carbons (Fsp3) is 0.286. The number of ether oxygens (including phenoxy) is 2. The van der Waals surface area contributed by atoms with Crippen molar-refractivity contribution in [2.75, 3.05) is 14.2 Å². The highest BCUT2D eigenvalue weighted by Gasteiger charge is 2.23. The summed E-state index contributed by atoms with van der Waals surface area (Å²) >= 11 is 1.87. The summed E-state index contributed by atoms with van der Waals surface area (Å²) < 4.78 is 12.7. The molecule has 2 heterocycles. The van der Waals surface area contributed by atoms with Crippen LogP contribution in [0, 0.1) is 0 Å². The molecule has 3 aromatic rings. The van der Waals surface area contributed by atoms with E-state index in [9.17, 15) is 4.79 Å². The maximum atomic E-state index is 12.9. The van der Waals surface area contributed by atoms with Crippen molar-refractivity contribution < 1.29 is 14.3 Å². The summed E-state index contributed by atoms with van der Waals surface area (Å²) in [7, 11) is 3.21. The zero-order chi connectivity index (χ0) is 19.0. The van der Waals surface area contributed by atoms with Gasteiger partial charge in [-0.15, -0.1) is 11.8 Å². The Bertz CT molecular complexity index is 1010. The van der Waals surface area contributed by atoms with Crippen LogP contribution in [-0.2, 0) is 13.1 Å². The predicted molar refractivity (Wildman–Crippen MR) is 108 cm³/mol. The Kier molecular flexibility index (Phi) is 4.74. The topological polar surface area (TPSA) is 52.5 Å². The van der Waals surface area contributed by atoms with Crippen LogP contribution in [0.4, 0.5) is 0 Å². The van der Waals surface area contributed by atoms with Gasteiger partial charge in [-0.25, -0.2) is 0 Å². The third kappa shape index (κ3) is 3.25. The van der Waals surface area contributed by atoms with E-state index in [4.69, 9.17) is 9.47 Å². The van der Waals surface area contributed by atoms with Crippen LogP contribution in [0.3, 0.4) is 0 Å². The van der Waals surface area contributed by atoms with Crippen molar-refractivity contribution in [1.82, 2.24) is 9.88 Å². The molecule has 0 bridgehead atoms. The van der Waals surface area contributed by atoms with Gasteiger partial charge in [-0.1, -0.05) is 25.1 Å². The van der Waals surface area contributed by atoms with Gasteiger partial charge in [0.15, 0.2) is 11.5 Å². The second kappa shape index (κ2) is 7.19. The summed E-state index contributed by atoms with van der Waals surface area (Å²) in [4.78, 5) is 14.1. The summed E-state index contributed by atoms with van der Waals surface area (Å²) in [5.41, 5.74) is 2.84. The second-order valence-corrected chi connectivity index (χ2v) is 8.11. The third-order valence-corrected chi connectivity index (χ3v) is 5.92. The Morgan fingerprint density at radius 2 is 2.00 bits per heavy atom. The first-order valence-corrected chi connectivity index (χ1v) is 9.76. The highest BCUT2D eigenvalue weighted by Crippen LogP contribution is 2.38. The highest BCUT2D eigenvalue weighted by molar-refractivity contribution is 8.00. The van der Waals surface area contributed by atoms with Gasteiger partial charge in [-0.05, 0) is 29.8 Å². The van der Waals surface area contributed by atoms with E-state index >= 15 is 0 Å². The minimum atomic E-state index is -0.0639. The van der Waals surface area contributed by atoms with Crippen molar-refractivity contribution in [2.45, 2.75) is 30.2 Å². The number of nitrogens with one attached hydrogen (secondary N) is 1. The van der Waals surface area contributed by atoms with Crippen LogP contribution < -0.4 is 14.8 Å². The average molecular weight is 382 g/mol. The van der Waals surface area contributed by atoms with Gasteiger partial charge in [0, 0.05) is 28.6 Å². The quantitative estimate of drug-likeness (QED) is 0.722. The van der Waals surface area contributed by atoms with Gasteiger partial charge in [0.05, 0.1) is 19.7 Å². The number of nitrogens with zero attached hydrogens (tertiary/aromatic N) is 1. The lowest BCUT2D eigenvalue weighted by atomic mass is 10.2. The van der Waals surface area contributed by atoms with Crippen molar-refractivity contribution in [3.05, 3.63) is 53.7 Å². The molecule has 6 heteroatoms. The first-order valence-electron chi connectivity index (χ1n) is 8.88. The van der Waals surface area contributed by atoms with Gasteiger partial charge in [-0.2, -0.15) is 0 Å². The minimum absolute atomic E-state index is 0.0639. The summed E-state index contributed by atoms with van der Waals surface area (Å²) in [6, 6.07) is 13.9. The number of methoxy groups -OCH3 is 2. The average Bonchev–Trinajstić information content (AvgIpc) is 3.05. The van der Waals surface area contributed by atoms with Gasteiger partial charge < -0.3 is 19.4 Å². The lowest BCUT2D eigenvalue weighted by Crippen LogP contribution is -2.27. The molecule has 0 spiro atoms. The Morgan fingerprint density at radius 3 is 2.78 bits per heavy atom. The van der Waals surface area contributed by atoms with Gasteiger partial charge >= 0.3 is 0 Å². The van der Waals surface area contributed by atoms with E-state index in [0.29, 0.717) is 29.0 Å². The number of carbonyl (C=O) groups excluding carboxylic acids is 1. The molecule has 2 aromatic carbocycles. The van der Waals surface area contributed by atoms with Gasteiger partial charge in [0.1, 0.15) is 5.69 Å². The van der Waals surface area contributed by atoms with Crippen LogP contribution >= 0.6 is 11.8 Å². The number of carbonyl (C=O) groups is 1. The maximum absolute atomic E-state index is 12.9. The molecule has 1 unspecified atom stereocenters. The molecule has 0 radical (unpaired) electrons. The Labute approximate surface area is 162 Å². The molecule has 0 fully saturated rings. The van der Waals surface area contributed by atoms with E-state index in [1.165, 1.54) is 4.90 Å². The zero-order valence-corrected chi connectivity index (χ0v) is 16.4. The normalized spacial score (nSPS) is 15.6. The molecule has 1 aliphatic heterocycles. The van der Waals surface area contributed by atoms with Gasteiger partial charge in [0.2, 0.25) is 0 Å².